The molecular weight excluding hydrogens is 252 g/mol. The third-order valence-electron chi connectivity index (χ3n) is 2.96. The van der Waals surface area contributed by atoms with Gasteiger partial charge in [-0.1, -0.05) is 24.7 Å². The molecule has 0 saturated carbocycles. The van der Waals surface area contributed by atoms with Crippen molar-refractivity contribution in [2.45, 2.75) is 26.2 Å². The molecule has 0 spiro atoms. The van der Waals surface area contributed by atoms with E-state index in [0.717, 1.165) is 19.4 Å². The average molecular weight is 268 g/mol. The first-order valence-corrected chi connectivity index (χ1v) is 6.93. The number of hydrogen-bond donors (Lipinski definition) is 1. The van der Waals surface area contributed by atoms with Gasteiger partial charge in [-0.25, -0.2) is 0 Å². The third kappa shape index (κ3) is 3.04. The Balaban J connectivity index is 1.87. The summed E-state index contributed by atoms with van der Waals surface area (Å²) in [5.74, 6) is -0.335. The number of unbranched alkanes of at least 4 members (excludes halogenated alkanes) is 1. The molecule has 1 aliphatic heterocycles. The zero-order valence-corrected chi connectivity index (χ0v) is 11.1. The van der Waals surface area contributed by atoms with Crippen molar-refractivity contribution < 1.29 is 9.59 Å². The van der Waals surface area contributed by atoms with Crippen LogP contribution in [0.1, 0.15) is 26.2 Å². The van der Waals surface area contributed by atoms with E-state index in [9.17, 15) is 9.59 Å². The Morgan fingerprint density at radius 1 is 1.67 bits per heavy atom. The number of aromatic nitrogens is 2. The van der Waals surface area contributed by atoms with Crippen molar-refractivity contribution in [2.24, 2.45) is 5.92 Å². The molecule has 1 aliphatic rings. The van der Waals surface area contributed by atoms with Crippen LogP contribution in [0.3, 0.4) is 0 Å². The molecule has 0 bridgehead atoms. The monoisotopic (exact) mass is 268 g/mol. The zero-order chi connectivity index (χ0) is 13.0. The number of amides is 2. The van der Waals surface area contributed by atoms with Crippen LogP contribution in [0.15, 0.2) is 5.51 Å². The van der Waals surface area contributed by atoms with Crippen molar-refractivity contribution in [3.8, 4) is 0 Å². The van der Waals surface area contributed by atoms with Gasteiger partial charge in [0.05, 0.1) is 5.92 Å². The van der Waals surface area contributed by atoms with Gasteiger partial charge >= 0.3 is 0 Å². The summed E-state index contributed by atoms with van der Waals surface area (Å²) >= 11 is 1.27. The summed E-state index contributed by atoms with van der Waals surface area (Å²) in [6, 6.07) is 0. The molecule has 0 aromatic carbocycles. The lowest BCUT2D eigenvalue weighted by Crippen LogP contribution is -2.29. The second-order valence-corrected chi connectivity index (χ2v) is 5.16. The second kappa shape index (κ2) is 5.90. The van der Waals surface area contributed by atoms with Gasteiger partial charge in [-0.15, -0.1) is 10.2 Å². The molecular formula is C11H16N4O2S. The van der Waals surface area contributed by atoms with Crippen LogP contribution in [-0.2, 0) is 9.59 Å². The van der Waals surface area contributed by atoms with Gasteiger partial charge in [-0.3, -0.25) is 9.59 Å². The van der Waals surface area contributed by atoms with Crippen LogP contribution in [0.4, 0.5) is 5.13 Å². The molecule has 1 N–H and O–H groups in total. The first-order valence-electron chi connectivity index (χ1n) is 6.05. The normalized spacial score (nSPS) is 19.3. The summed E-state index contributed by atoms with van der Waals surface area (Å²) in [4.78, 5) is 25.4. The van der Waals surface area contributed by atoms with E-state index in [4.69, 9.17) is 0 Å². The summed E-state index contributed by atoms with van der Waals surface area (Å²) in [5, 5.41) is 10.6. The predicted octanol–water partition coefficient (Wildman–Crippen LogP) is 1.13. The van der Waals surface area contributed by atoms with Gasteiger partial charge in [0.25, 0.3) is 0 Å². The molecule has 1 saturated heterocycles. The number of rotatable bonds is 5. The predicted molar refractivity (Wildman–Crippen MR) is 68.1 cm³/mol. The van der Waals surface area contributed by atoms with E-state index in [1.807, 2.05) is 0 Å². The fourth-order valence-corrected chi connectivity index (χ4v) is 2.40. The van der Waals surface area contributed by atoms with Gasteiger partial charge in [-0.05, 0) is 6.42 Å². The Labute approximate surface area is 109 Å². The number of nitrogens with one attached hydrogen (secondary N) is 1. The van der Waals surface area contributed by atoms with Gasteiger partial charge in [0.1, 0.15) is 5.51 Å². The van der Waals surface area contributed by atoms with Crippen LogP contribution < -0.4 is 5.32 Å². The summed E-state index contributed by atoms with van der Waals surface area (Å²) in [7, 11) is 0. The van der Waals surface area contributed by atoms with Crippen molar-refractivity contribution in [3.63, 3.8) is 0 Å². The fraction of sp³-hybridized carbons (Fsp3) is 0.636. The van der Waals surface area contributed by atoms with Crippen LogP contribution in [0.2, 0.25) is 0 Å². The van der Waals surface area contributed by atoms with E-state index in [1.54, 1.807) is 10.4 Å². The van der Waals surface area contributed by atoms with Gasteiger partial charge in [0.2, 0.25) is 16.9 Å². The Hall–Kier alpha value is -1.50. The minimum absolute atomic E-state index is 0.0702. The van der Waals surface area contributed by atoms with E-state index in [1.165, 1.54) is 11.3 Å². The van der Waals surface area contributed by atoms with E-state index in [0.29, 0.717) is 18.1 Å². The molecule has 2 heterocycles. The molecule has 1 atom stereocenters. The van der Waals surface area contributed by atoms with Crippen molar-refractivity contribution in [1.29, 1.82) is 0 Å². The number of likely N-dealkylation sites (tertiary alicyclic amines) is 1. The van der Waals surface area contributed by atoms with Crippen LogP contribution in [0.5, 0.6) is 0 Å². The number of anilines is 1. The molecule has 1 aromatic heterocycles. The highest BCUT2D eigenvalue weighted by Crippen LogP contribution is 2.20. The van der Waals surface area contributed by atoms with Crippen LogP contribution in [-0.4, -0.2) is 40.0 Å². The van der Waals surface area contributed by atoms with E-state index >= 15 is 0 Å². The second-order valence-electron chi connectivity index (χ2n) is 4.33. The van der Waals surface area contributed by atoms with Crippen molar-refractivity contribution >= 4 is 28.3 Å². The summed E-state index contributed by atoms with van der Waals surface area (Å²) in [5.41, 5.74) is 1.56. The van der Waals surface area contributed by atoms with E-state index in [-0.39, 0.29) is 17.7 Å². The molecule has 18 heavy (non-hydrogen) atoms. The maximum Gasteiger partial charge on any atom is 0.231 e. The molecule has 7 heteroatoms. The number of carbonyl (C=O) groups is 2. The summed E-state index contributed by atoms with van der Waals surface area (Å²) < 4.78 is 0. The summed E-state index contributed by atoms with van der Waals surface area (Å²) in [6.45, 7) is 3.35. The van der Waals surface area contributed by atoms with Crippen molar-refractivity contribution in [3.05, 3.63) is 5.51 Å². The topological polar surface area (TPSA) is 75.2 Å². The lowest BCUT2D eigenvalue weighted by molar-refractivity contribution is -0.128. The number of carbonyl (C=O) groups excluding carboxylic acids is 2. The number of nitrogens with zero attached hydrogens (tertiary/aromatic N) is 3. The first-order chi connectivity index (χ1) is 8.70. The Kier molecular flexibility index (Phi) is 4.24. The van der Waals surface area contributed by atoms with E-state index < -0.39 is 0 Å². The molecule has 2 rings (SSSR count). The minimum Gasteiger partial charge on any atom is -0.342 e. The maximum atomic E-state index is 11.9. The highest BCUT2D eigenvalue weighted by Gasteiger charge is 2.34. The molecule has 1 fully saturated rings. The highest BCUT2D eigenvalue weighted by molar-refractivity contribution is 7.13. The van der Waals surface area contributed by atoms with Gasteiger partial charge in [0.15, 0.2) is 0 Å². The number of hydrogen-bond acceptors (Lipinski definition) is 5. The average Bonchev–Trinajstić information content (AvgIpc) is 2.96. The highest BCUT2D eigenvalue weighted by atomic mass is 32.1. The zero-order valence-electron chi connectivity index (χ0n) is 10.3. The largest absolute Gasteiger partial charge is 0.342 e. The summed E-state index contributed by atoms with van der Waals surface area (Å²) in [6.07, 6.45) is 2.33. The molecule has 0 radical (unpaired) electrons. The van der Waals surface area contributed by atoms with Gasteiger partial charge < -0.3 is 10.2 Å². The molecule has 1 aromatic rings. The van der Waals surface area contributed by atoms with Crippen LogP contribution in [0.25, 0.3) is 0 Å². The lowest BCUT2D eigenvalue weighted by Gasteiger charge is -2.15. The smallest absolute Gasteiger partial charge is 0.231 e. The SMILES string of the molecule is CCCCN1C[C@H](C(=O)Nc2nncs2)CC1=O. The minimum atomic E-state index is -0.266. The molecule has 0 aliphatic carbocycles. The van der Waals surface area contributed by atoms with Crippen LogP contribution in [0, 0.1) is 5.92 Å². The lowest BCUT2D eigenvalue weighted by atomic mass is 10.1. The van der Waals surface area contributed by atoms with Crippen molar-refractivity contribution in [1.82, 2.24) is 15.1 Å². The quantitative estimate of drug-likeness (QED) is 0.868. The van der Waals surface area contributed by atoms with E-state index in [2.05, 4.69) is 22.4 Å². The van der Waals surface area contributed by atoms with Gasteiger partial charge in [0, 0.05) is 19.5 Å². The Morgan fingerprint density at radius 3 is 3.17 bits per heavy atom. The third-order valence-corrected chi connectivity index (χ3v) is 3.56. The molecule has 0 unspecified atom stereocenters. The Bertz CT molecular complexity index is 421. The Morgan fingerprint density at radius 2 is 2.50 bits per heavy atom. The standard InChI is InChI=1S/C11H16N4O2S/c1-2-3-4-15-6-8(5-9(15)16)10(17)13-11-14-12-7-18-11/h7-8H,2-6H2,1H3,(H,13,14,17)/t8-/m1/s1. The first kappa shape index (κ1) is 12.9. The van der Waals surface area contributed by atoms with Crippen LogP contribution >= 0.6 is 11.3 Å². The maximum absolute atomic E-state index is 11.9. The molecule has 6 nitrogen and oxygen atoms in total. The molecule has 2 amide bonds. The van der Waals surface area contributed by atoms with Gasteiger partial charge in [-0.2, -0.15) is 0 Å². The van der Waals surface area contributed by atoms with Crippen molar-refractivity contribution in [2.75, 3.05) is 18.4 Å². The fourth-order valence-electron chi connectivity index (χ4n) is 1.95. The molecule has 98 valence electrons.